The molecule has 0 saturated heterocycles. The number of phenols is 2. The lowest BCUT2D eigenvalue weighted by molar-refractivity contribution is 0.0681. The van der Waals surface area contributed by atoms with Crippen molar-refractivity contribution in [2.24, 2.45) is 0 Å². The molecule has 0 bridgehead atoms. The zero-order valence-electron chi connectivity index (χ0n) is 18.4. The van der Waals surface area contributed by atoms with Crippen molar-refractivity contribution in [3.8, 4) is 11.5 Å². The fourth-order valence-electron chi connectivity index (χ4n) is 2.73. The summed E-state index contributed by atoms with van der Waals surface area (Å²) < 4.78 is 0. The number of rotatable bonds is 4. The zero-order valence-corrected chi connectivity index (χ0v) is 18.4. The number of aromatic hydroxyl groups is 2. The summed E-state index contributed by atoms with van der Waals surface area (Å²) >= 11 is 0. The number of hydrogen-bond acceptors (Lipinski definition) is 6. The highest BCUT2D eigenvalue weighted by atomic mass is 16.4. The van der Waals surface area contributed by atoms with Gasteiger partial charge >= 0.3 is 23.9 Å². The summed E-state index contributed by atoms with van der Waals surface area (Å²) in [6.07, 6.45) is 0. The number of phenolic OH excluding ortho intramolecular Hbond substituents is 2. The zero-order chi connectivity index (χ0) is 26.8. The van der Waals surface area contributed by atoms with Gasteiger partial charge in [-0.25, -0.2) is 19.2 Å². The summed E-state index contributed by atoms with van der Waals surface area (Å²) in [6.45, 7) is 0. The standard InChI is InChI=1S/C11H8O3.C8H6O4.C7H6O3/c12-10-4-3-7-5-9(11(13)14)2-1-8(7)6-10;9-7(10)5-1-2-6(4-3-5)8(11)12;8-6-3-1-5(2-4-6)7(9)10/h1-6,12H,(H,13,14);1-4H,(H,9,10)(H,11,12);1-4,8H,(H,9,10). The Hall–Kier alpha value is -5.38. The molecule has 0 atom stereocenters. The van der Waals surface area contributed by atoms with Crippen LogP contribution in [0.1, 0.15) is 41.4 Å². The van der Waals surface area contributed by atoms with E-state index in [2.05, 4.69) is 0 Å². The number of carboxylic acid groups (broad SMARTS) is 4. The van der Waals surface area contributed by atoms with E-state index in [1.165, 1.54) is 60.7 Å². The van der Waals surface area contributed by atoms with Gasteiger partial charge < -0.3 is 30.6 Å². The highest BCUT2D eigenvalue weighted by Gasteiger charge is 2.05. The Balaban J connectivity index is 0.000000193. The molecule has 36 heavy (non-hydrogen) atoms. The van der Waals surface area contributed by atoms with Crippen molar-refractivity contribution in [1.82, 2.24) is 0 Å². The van der Waals surface area contributed by atoms with E-state index in [1.54, 1.807) is 24.3 Å². The summed E-state index contributed by atoms with van der Waals surface area (Å²) in [5, 5.41) is 53.7. The molecule has 4 aromatic carbocycles. The Morgan fingerprint density at radius 1 is 0.389 bits per heavy atom. The fraction of sp³-hybridized carbons (Fsp3) is 0. The first-order valence-electron chi connectivity index (χ1n) is 10.0. The van der Waals surface area contributed by atoms with Crippen molar-refractivity contribution in [2.45, 2.75) is 0 Å². The van der Waals surface area contributed by atoms with Crippen LogP contribution >= 0.6 is 0 Å². The number of benzene rings is 4. The normalized spacial score (nSPS) is 9.67. The highest BCUT2D eigenvalue weighted by molar-refractivity contribution is 5.95. The van der Waals surface area contributed by atoms with E-state index in [4.69, 9.17) is 25.5 Å². The lowest BCUT2D eigenvalue weighted by Gasteiger charge is -2.00. The Bertz CT molecular complexity index is 1360. The largest absolute Gasteiger partial charge is 0.508 e. The van der Waals surface area contributed by atoms with Crippen LogP contribution in [0, 0.1) is 0 Å². The van der Waals surface area contributed by atoms with Gasteiger partial charge in [-0.05, 0) is 83.6 Å². The minimum atomic E-state index is -1.06. The summed E-state index contributed by atoms with van der Waals surface area (Å²) in [4.78, 5) is 41.6. The maximum Gasteiger partial charge on any atom is 0.335 e. The minimum absolute atomic E-state index is 0.0741. The third-order valence-corrected chi connectivity index (χ3v) is 4.56. The van der Waals surface area contributed by atoms with Crippen LogP contribution in [0.4, 0.5) is 0 Å². The molecule has 0 radical (unpaired) electrons. The number of hydrogen-bond donors (Lipinski definition) is 6. The number of fused-ring (bicyclic) bond motifs is 1. The van der Waals surface area contributed by atoms with E-state index in [1.807, 2.05) is 0 Å². The fourth-order valence-corrected chi connectivity index (χ4v) is 2.73. The Kier molecular flexibility index (Phi) is 9.10. The maximum absolute atomic E-state index is 10.7. The average Bonchev–Trinajstić information content (AvgIpc) is 2.84. The second-order valence-corrected chi connectivity index (χ2v) is 7.09. The molecule has 0 saturated carbocycles. The quantitative estimate of drug-likeness (QED) is 0.238. The molecule has 0 amide bonds. The predicted octanol–water partition coefficient (Wildman–Crippen LogP) is 4.42. The minimum Gasteiger partial charge on any atom is -0.508 e. The van der Waals surface area contributed by atoms with Gasteiger partial charge in [-0.3, -0.25) is 0 Å². The first-order valence-corrected chi connectivity index (χ1v) is 10.0. The summed E-state index contributed by atoms with van der Waals surface area (Å²) in [6, 6.07) is 20.0. The van der Waals surface area contributed by atoms with Crippen LogP contribution in [0.25, 0.3) is 10.8 Å². The van der Waals surface area contributed by atoms with Gasteiger partial charge in [0, 0.05) is 0 Å². The average molecular weight is 492 g/mol. The molecule has 0 heterocycles. The van der Waals surface area contributed by atoms with E-state index in [0.29, 0.717) is 0 Å². The predicted molar refractivity (Wildman–Crippen MR) is 128 cm³/mol. The van der Waals surface area contributed by atoms with Gasteiger partial charge in [-0.1, -0.05) is 12.1 Å². The van der Waals surface area contributed by atoms with Crippen molar-refractivity contribution in [3.05, 3.63) is 107 Å². The maximum atomic E-state index is 10.7. The Labute approximate surface area is 203 Å². The van der Waals surface area contributed by atoms with Gasteiger partial charge in [0.25, 0.3) is 0 Å². The molecule has 0 spiro atoms. The molecule has 4 rings (SSSR count). The van der Waals surface area contributed by atoms with Gasteiger partial charge in [0.05, 0.1) is 22.3 Å². The van der Waals surface area contributed by atoms with Gasteiger partial charge in [-0.15, -0.1) is 0 Å². The number of carbonyl (C=O) groups is 4. The Morgan fingerprint density at radius 3 is 1.11 bits per heavy atom. The smallest absolute Gasteiger partial charge is 0.335 e. The highest BCUT2D eigenvalue weighted by Crippen LogP contribution is 2.21. The molecule has 184 valence electrons. The third kappa shape index (κ3) is 7.89. The van der Waals surface area contributed by atoms with E-state index in [-0.39, 0.29) is 33.8 Å². The lowest BCUT2D eigenvalue weighted by Crippen LogP contribution is -1.99. The monoisotopic (exact) mass is 492 g/mol. The van der Waals surface area contributed by atoms with E-state index < -0.39 is 23.9 Å². The molecule has 10 nitrogen and oxygen atoms in total. The molecule has 6 N–H and O–H groups in total. The van der Waals surface area contributed by atoms with Gasteiger partial charge in [0.1, 0.15) is 11.5 Å². The first-order chi connectivity index (χ1) is 17.0. The van der Waals surface area contributed by atoms with E-state index >= 15 is 0 Å². The summed E-state index contributed by atoms with van der Waals surface area (Å²) in [5.74, 6) is -3.80. The molecular weight excluding hydrogens is 472 g/mol. The van der Waals surface area contributed by atoms with Crippen molar-refractivity contribution in [2.75, 3.05) is 0 Å². The molecule has 10 heteroatoms. The van der Waals surface area contributed by atoms with Crippen molar-refractivity contribution in [1.29, 1.82) is 0 Å². The molecule has 0 aromatic heterocycles. The molecule has 0 aliphatic heterocycles. The van der Waals surface area contributed by atoms with Crippen molar-refractivity contribution >= 4 is 34.6 Å². The van der Waals surface area contributed by atoms with Crippen LogP contribution < -0.4 is 0 Å². The van der Waals surface area contributed by atoms with Crippen LogP contribution in [0.2, 0.25) is 0 Å². The van der Waals surface area contributed by atoms with Crippen LogP contribution in [-0.2, 0) is 0 Å². The second-order valence-electron chi connectivity index (χ2n) is 7.09. The van der Waals surface area contributed by atoms with Crippen molar-refractivity contribution < 1.29 is 49.8 Å². The molecule has 0 aliphatic carbocycles. The summed E-state index contributed by atoms with van der Waals surface area (Å²) in [5.41, 5.74) is 0.598. The van der Waals surface area contributed by atoms with Crippen LogP contribution in [0.5, 0.6) is 11.5 Å². The van der Waals surface area contributed by atoms with Crippen LogP contribution in [0.15, 0.2) is 84.9 Å². The van der Waals surface area contributed by atoms with Crippen LogP contribution in [-0.4, -0.2) is 54.5 Å². The molecule has 0 aliphatic rings. The SMILES string of the molecule is O=C(O)c1ccc(C(=O)O)cc1.O=C(O)c1ccc(O)cc1.O=C(O)c1ccc2cc(O)ccc2c1. The molecular formula is C26H20O10. The lowest BCUT2D eigenvalue weighted by atomic mass is 10.1. The van der Waals surface area contributed by atoms with Gasteiger partial charge in [0.2, 0.25) is 0 Å². The molecule has 0 fully saturated rings. The van der Waals surface area contributed by atoms with E-state index in [9.17, 15) is 24.3 Å². The number of aromatic carboxylic acids is 4. The third-order valence-electron chi connectivity index (χ3n) is 4.56. The Morgan fingerprint density at radius 2 is 0.694 bits per heavy atom. The molecule has 0 unspecified atom stereocenters. The van der Waals surface area contributed by atoms with Crippen molar-refractivity contribution in [3.63, 3.8) is 0 Å². The van der Waals surface area contributed by atoms with Crippen LogP contribution in [0.3, 0.4) is 0 Å². The second kappa shape index (κ2) is 12.2. The van der Waals surface area contributed by atoms with E-state index in [0.717, 1.165) is 10.8 Å². The van der Waals surface area contributed by atoms with Gasteiger partial charge in [-0.2, -0.15) is 0 Å². The summed E-state index contributed by atoms with van der Waals surface area (Å²) in [7, 11) is 0. The first kappa shape index (κ1) is 26.9. The number of carboxylic acids is 4. The van der Waals surface area contributed by atoms with Gasteiger partial charge in [0.15, 0.2) is 0 Å². The topological polar surface area (TPSA) is 190 Å². The molecule has 4 aromatic rings.